The molecule has 2 N–H and O–H groups in total. The van der Waals surface area contributed by atoms with E-state index in [0.29, 0.717) is 6.10 Å². The molecule has 0 aromatic carbocycles. The minimum Gasteiger partial charge on any atom is -0.377 e. The molecule has 19 heavy (non-hydrogen) atoms. The lowest BCUT2D eigenvalue weighted by Crippen LogP contribution is -2.39. The topological polar surface area (TPSA) is 51.4 Å². The van der Waals surface area contributed by atoms with E-state index < -0.39 is 0 Å². The molecule has 1 unspecified atom stereocenters. The molecule has 0 bridgehead atoms. The summed E-state index contributed by atoms with van der Waals surface area (Å²) in [5, 5.41) is 0. The Morgan fingerprint density at radius 1 is 1.47 bits per heavy atom. The molecule has 0 amide bonds. The molecule has 0 radical (unpaired) electrons. The van der Waals surface area contributed by atoms with E-state index in [2.05, 4.69) is 29.8 Å². The molecule has 4 heteroatoms. The molecule has 2 rings (SSSR count). The quantitative estimate of drug-likeness (QED) is 0.887. The summed E-state index contributed by atoms with van der Waals surface area (Å²) < 4.78 is 5.73. The Balaban J connectivity index is 2.01. The summed E-state index contributed by atoms with van der Waals surface area (Å²) in [6.07, 6.45) is 5.57. The van der Waals surface area contributed by atoms with Crippen LogP contribution in [0.5, 0.6) is 0 Å². The van der Waals surface area contributed by atoms with Gasteiger partial charge in [0.15, 0.2) is 0 Å². The maximum atomic E-state index is 5.99. The third-order valence-electron chi connectivity index (χ3n) is 3.74. The smallest absolute Gasteiger partial charge is 0.0750 e. The van der Waals surface area contributed by atoms with Crippen LogP contribution in [0.3, 0.4) is 0 Å². The number of nitrogens with zero attached hydrogens (tertiary/aromatic N) is 2. The van der Waals surface area contributed by atoms with Gasteiger partial charge >= 0.3 is 0 Å². The first kappa shape index (κ1) is 14.3. The predicted octanol–water partition coefficient (Wildman–Crippen LogP) is 2.50. The number of aromatic nitrogens is 1. The van der Waals surface area contributed by atoms with Gasteiger partial charge in [-0.25, -0.2) is 0 Å². The molecule has 1 fully saturated rings. The third-order valence-corrected chi connectivity index (χ3v) is 3.74. The van der Waals surface area contributed by atoms with Crippen molar-refractivity contribution in [3.63, 3.8) is 0 Å². The number of rotatable bonds is 5. The van der Waals surface area contributed by atoms with Crippen LogP contribution in [0.25, 0.3) is 0 Å². The largest absolute Gasteiger partial charge is 0.377 e. The van der Waals surface area contributed by atoms with E-state index in [4.69, 9.17) is 10.5 Å². The molecule has 0 spiro atoms. The summed E-state index contributed by atoms with van der Waals surface area (Å²) in [4.78, 5) is 6.85. The lowest BCUT2D eigenvalue weighted by atomic mass is 10.1. The second kappa shape index (κ2) is 6.87. The zero-order chi connectivity index (χ0) is 13.7. The zero-order valence-corrected chi connectivity index (χ0v) is 12.0. The minimum absolute atomic E-state index is 0.0478. The number of anilines is 1. The van der Waals surface area contributed by atoms with Crippen LogP contribution in [0, 0.1) is 0 Å². The lowest BCUT2D eigenvalue weighted by Gasteiger charge is -2.34. The molecule has 4 nitrogen and oxygen atoms in total. The van der Waals surface area contributed by atoms with Gasteiger partial charge in [0.25, 0.3) is 0 Å². The van der Waals surface area contributed by atoms with Crippen molar-refractivity contribution in [2.45, 2.75) is 45.3 Å². The highest BCUT2D eigenvalue weighted by atomic mass is 16.5. The molecule has 1 aromatic rings. The van der Waals surface area contributed by atoms with Crippen molar-refractivity contribution in [1.29, 1.82) is 0 Å². The monoisotopic (exact) mass is 263 g/mol. The van der Waals surface area contributed by atoms with Gasteiger partial charge in [0.2, 0.25) is 0 Å². The molecular weight excluding hydrogens is 238 g/mol. The van der Waals surface area contributed by atoms with E-state index in [1.54, 1.807) is 0 Å². The van der Waals surface area contributed by atoms with E-state index in [-0.39, 0.29) is 6.04 Å². The van der Waals surface area contributed by atoms with E-state index >= 15 is 0 Å². The first-order valence-electron chi connectivity index (χ1n) is 7.32. The predicted molar refractivity (Wildman–Crippen MR) is 78.3 cm³/mol. The Kier molecular flexibility index (Phi) is 5.16. The van der Waals surface area contributed by atoms with Crippen molar-refractivity contribution in [3.05, 3.63) is 24.0 Å². The van der Waals surface area contributed by atoms with Crippen molar-refractivity contribution in [1.82, 2.24) is 4.98 Å². The summed E-state index contributed by atoms with van der Waals surface area (Å²) in [5.41, 5.74) is 8.14. The van der Waals surface area contributed by atoms with Gasteiger partial charge in [0.1, 0.15) is 0 Å². The number of pyridine rings is 1. The second-order valence-corrected chi connectivity index (χ2v) is 5.12. The summed E-state index contributed by atoms with van der Waals surface area (Å²) in [6, 6.07) is 4.23. The van der Waals surface area contributed by atoms with Crippen molar-refractivity contribution in [2.24, 2.45) is 5.73 Å². The number of ether oxygens (including phenoxy) is 1. The van der Waals surface area contributed by atoms with Crippen molar-refractivity contribution < 1.29 is 4.74 Å². The Hall–Kier alpha value is -1.13. The zero-order valence-electron chi connectivity index (χ0n) is 12.0. The number of nitrogens with two attached hydrogens (primary N) is 1. The van der Waals surface area contributed by atoms with Crippen LogP contribution in [-0.2, 0) is 4.74 Å². The summed E-state index contributed by atoms with van der Waals surface area (Å²) >= 11 is 0. The lowest BCUT2D eigenvalue weighted by molar-refractivity contribution is 0.0526. The minimum atomic E-state index is 0.0478. The van der Waals surface area contributed by atoms with Crippen molar-refractivity contribution in [3.8, 4) is 0 Å². The van der Waals surface area contributed by atoms with Gasteiger partial charge in [0, 0.05) is 25.7 Å². The van der Waals surface area contributed by atoms with Crippen LogP contribution in [0.15, 0.2) is 18.3 Å². The first-order valence-corrected chi connectivity index (χ1v) is 7.32. The molecule has 1 aliphatic heterocycles. The highest BCUT2D eigenvalue weighted by Crippen LogP contribution is 2.22. The fourth-order valence-electron chi connectivity index (χ4n) is 2.56. The number of hydrogen-bond acceptors (Lipinski definition) is 4. The van der Waals surface area contributed by atoms with Crippen molar-refractivity contribution in [2.75, 3.05) is 24.6 Å². The summed E-state index contributed by atoms with van der Waals surface area (Å²) in [7, 11) is 0. The maximum absolute atomic E-state index is 5.99. The highest BCUT2D eigenvalue weighted by molar-refractivity contribution is 5.45. The van der Waals surface area contributed by atoms with Gasteiger partial charge in [-0.3, -0.25) is 4.98 Å². The molecular formula is C15H25N3O. The van der Waals surface area contributed by atoms with E-state index in [9.17, 15) is 0 Å². The fraction of sp³-hybridized carbons (Fsp3) is 0.667. The van der Waals surface area contributed by atoms with Crippen LogP contribution in [0.4, 0.5) is 5.69 Å². The molecule has 0 saturated carbocycles. The SMILES string of the molecule is CCOC1CCCN(c2ccc([C@H](N)CC)nc2)C1. The Morgan fingerprint density at radius 2 is 2.32 bits per heavy atom. The van der Waals surface area contributed by atoms with E-state index in [0.717, 1.165) is 38.2 Å². The standard InChI is InChI=1S/C15H25N3O/c1-3-14(16)15-8-7-12(10-17-15)18-9-5-6-13(11-18)19-4-2/h7-8,10,13-14H,3-6,9,11,16H2,1-2H3/t13?,14-/m1/s1. The normalized spacial score (nSPS) is 21.4. The van der Waals surface area contributed by atoms with Crippen molar-refractivity contribution >= 4 is 5.69 Å². The van der Waals surface area contributed by atoms with Crippen LogP contribution < -0.4 is 10.6 Å². The molecule has 1 aliphatic rings. The molecule has 2 heterocycles. The van der Waals surface area contributed by atoms with Gasteiger partial charge in [-0.05, 0) is 38.3 Å². The number of piperidine rings is 1. The van der Waals surface area contributed by atoms with Gasteiger partial charge in [-0.15, -0.1) is 0 Å². The molecule has 0 aliphatic carbocycles. The molecule has 2 atom stereocenters. The van der Waals surface area contributed by atoms with Crippen LogP contribution in [0.2, 0.25) is 0 Å². The molecule has 1 aromatic heterocycles. The Bertz CT molecular complexity index is 377. The second-order valence-electron chi connectivity index (χ2n) is 5.12. The van der Waals surface area contributed by atoms with Crippen LogP contribution in [-0.4, -0.2) is 30.8 Å². The summed E-state index contributed by atoms with van der Waals surface area (Å²) in [6.45, 7) is 6.99. The fourth-order valence-corrected chi connectivity index (χ4v) is 2.56. The van der Waals surface area contributed by atoms with Gasteiger partial charge < -0.3 is 15.4 Å². The van der Waals surface area contributed by atoms with E-state index in [1.807, 2.05) is 12.3 Å². The molecule has 106 valence electrons. The third kappa shape index (κ3) is 3.67. The van der Waals surface area contributed by atoms with E-state index in [1.165, 1.54) is 12.1 Å². The first-order chi connectivity index (χ1) is 9.24. The summed E-state index contributed by atoms with van der Waals surface area (Å²) in [5.74, 6) is 0. The Labute approximate surface area is 116 Å². The average Bonchev–Trinajstić information content (AvgIpc) is 2.47. The average molecular weight is 263 g/mol. The highest BCUT2D eigenvalue weighted by Gasteiger charge is 2.20. The van der Waals surface area contributed by atoms with Gasteiger partial charge in [0.05, 0.1) is 23.7 Å². The Morgan fingerprint density at radius 3 is 2.95 bits per heavy atom. The number of hydrogen-bond donors (Lipinski definition) is 1. The van der Waals surface area contributed by atoms with Crippen LogP contribution >= 0.6 is 0 Å². The van der Waals surface area contributed by atoms with Crippen LogP contribution in [0.1, 0.15) is 44.8 Å². The van der Waals surface area contributed by atoms with Gasteiger partial charge in [-0.2, -0.15) is 0 Å². The van der Waals surface area contributed by atoms with Gasteiger partial charge in [-0.1, -0.05) is 6.92 Å². The maximum Gasteiger partial charge on any atom is 0.0750 e. The molecule has 1 saturated heterocycles.